The quantitative estimate of drug-likeness (QED) is 0.619. The van der Waals surface area contributed by atoms with Crippen molar-refractivity contribution in [3.8, 4) is 5.75 Å². The van der Waals surface area contributed by atoms with Gasteiger partial charge >= 0.3 is 5.97 Å². The molecule has 0 saturated heterocycles. The van der Waals surface area contributed by atoms with Crippen molar-refractivity contribution >= 4 is 12.3 Å². The summed E-state index contributed by atoms with van der Waals surface area (Å²) in [6.45, 7) is 0.326. The fraction of sp³-hybridized carbons (Fsp3) is 0.125. The van der Waals surface area contributed by atoms with Gasteiger partial charge in [0.1, 0.15) is 12.4 Å². The summed E-state index contributed by atoms with van der Waals surface area (Å²) in [4.78, 5) is 22.5. The molecule has 102 valence electrons. The molecule has 0 unspecified atom stereocenters. The fourth-order valence-corrected chi connectivity index (χ4v) is 1.74. The summed E-state index contributed by atoms with van der Waals surface area (Å²) in [7, 11) is 1.31. The first-order chi connectivity index (χ1) is 9.74. The highest BCUT2D eigenvalue weighted by molar-refractivity contribution is 5.91. The van der Waals surface area contributed by atoms with Gasteiger partial charge in [-0.25, -0.2) is 4.79 Å². The molecule has 0 aliphatic rings. The van der Waals surface area contributed by atoms with Crippen LogP contribution in [0.4, 0.5) is 0 Å². The van der Waals surface area contributed by atoms with Crippen LogP contribution < -0.4 is 4.74 Å². The third-order valence-electron chi connectivity index (χ3n) is 2.80. The fourth-order valence-electron chi connectivity index (χ4n) is 1.74. The Morgan fingerprint density at radius 2 is 1.90 bits per heavy atom. The van der Waals surface area contributed by atoms with Crippen molar-refractivity contribution in [1.29, 1.82) is 0 Å². The number of benzene rings is 2. The number of carbonyl (C=O) groups excluding carboxylic acids is 2. The van der Waals surface area contributed by atoms with Gasteiger partial charge in [0.2, 0.25) is 0 Å². The second-order valence-corrected chi connectivity index (χ2v) is 4.14. The van der Waals surface area contributed by atoms with E-state index in [9.17, 15) is 9.59 Å². The van der Waals surface area contributed by atoms with Crippen LogP contribution in [0.2, 0.25) is 0 Å². The largest absolute Gasteiger partial charge is 0.488 e. The predicted octanol–water partition coefficient (Wildman–Crippen LogP) is 2.86. The van der Waals surface area contributed by atoms with E-state index in [0.29, 0.717) is 29.8 Å². The van der Waals surface area contributed by atoms with Crippen LogP contribution in [0.1, 0.15) is 26.3 Å². The number of ether oxygens (including phenoxy) is 2. The summed E-state index contributed by atoms with van der Waals surface area (Å²) in [6, 6.07) is 14.2. The third-order valence-corrected chi connectivity index (χ3v) is 2.80. The van der Waals surface area contributed by atoms with Crippen molar-refractivity contribution in [1.82, 2.24) is 0 Å². The van der Waals surface area contributed by atoms with E-state index >= 15 is 0 Å². The van der Waals surface area contributed by atoms with Gasteiger partial charge in [-0.05, 0) is 23.8 Å². The molecule has 4 nitrogen and oxygen atoms in total. The van der Waals surface area contributed by atoms with Gasteiger partial charge in [-0.3, -0.25) is 4.79 Å². The Morgan fingerprint density at radius 1 is 1.15 bits per heavy atom. The van der Waals surface area contributed by atoms with E-state index in [1.165, 1.54) is 19.2 Å². The second-order valence-electron chi connectivity index (χ2n) is 4.14. The minimum Gasteiger partial charge on any atom is -0.488 e. The third kappa shape index (κ3) is 3.23. The number of methoxy groups -OCH3 is 1. The standard InChI is InChI=1S/C16H14O4/c1-19-16(18)13-7-8-14(10-17)15(9-13)20-11-12-5-3-2-4-6-12/h2-10H,11H2,1H3. The number of hydrogen-bond donors (Lipinski definition) is 0. The summed E-state index contributed by atoms with van der Waals surface area (Å²) < 4.78 is 10.3. The van der Waals surface area contributed by atoms with Crippen molar-refractivity contribution < 1.29 is 19.1 Å². The van der Waals surface area contributed by atoms with Crippen molar-refractivity contribution in [2.45, 2.75) is 6.61 Å². The Bertz CT molecular complexity index is 605. The number of aldehydes is 1. The molecule has 0 amide bonds. The van der Waals surface area contributed by atoms with Crippen LogP contribution in [0.5, 0.6) is 5.75 Å². The molecule has 0 atom stereocenters. The monoisotopic (exact) mass is 270 g/mol. The Kier molecular flexibility index (Phi) is 4.50. The molecular formula is C16H14O4. The highest BCUT2D eigenvalue weighted by atomic mass is 16.5. The SMILES string of the molecule is COC(=O)c1ccc(C=O)c(OCc2ccccc2)c1. The van der Waals surface area contributed by atoms with Crippen LogP contribution in [0.15, 0.2) is 48.5 Å². The maximum Gasteiger partial charge on any atom is 0.337 e. The molecule has 20 heavy (non-hydrogen) atoms. The Labute approximate surface area is 116 Å². The molecule has 2 rings (SSSR count). The molecular weight excluding hydrogens is 256 g/mol. The zero-order valence-corrected chi connectivity index (χ0v) is 11.0. The molecule has 0 radical (unpaired) electrons. The zero-order valence-electron chi connectivity index (χ0n) is 11.0. The van der Waals surface area contributed by atoms with Gasteiger partial charge in [0.25, 0.3) is 0 Å². The molecule has 0 saturated carbocycles. The van der Waals surface area contributed by atoms with Crippen LogP contribution in [0.3, 0.4) is 0 Å². The lowest BCUT2D eigenvalue weighted by atomic mass is 10.1. The summed E-state index contributed by atoms with van der Waals surface area (Å²) in [6.07, 6.45) is 0.696. The maximum absolute atomic E-state index is 11.5. The summed E-state index contributed by atoms with van der Waals surface area (Å²) in [5, 5.41) is 0. The number of rotatable bonds is 5. The van der Waals surface area contributed by atoms with E-state index in [1.54, 1.807) is 6.07 Å². The topological polar surface area (TPSA) is 52.6 Å². The van der Waals surface area contributed by atoms with Crippen molar-refractivity contribution in [3.05, 3.63) is 65.2 Å². The van der Waals surface area contributed by atoms with Gasteiger partial charge in [-0.15, -0.1) is 0 Å². The highest BCUT2D eigenvalue weighted by Crippen LogP contribution is 2.21. The molecule has 0 aliphatic heterocycles. The number of hydrogen-bond acceptors (Lipinski definition) is 4. The van der Waals surface area contributed by atoms with Crippen LogP contribution in [-0.4, -0.2) is 19.4 Å². The van der Waals surface area contributed by atoms with E-state index < -0.39 is 5.97 Å². The van der Waals surface area contributed by atoms with E-state index in [2.05, 4.69) is 4.74 Å². The molecule has 0 heterocycles. The molecule has 4 heteroatoms. The molecule has 0 spiro atoms. The first-order valence-electron chi connectivity index (χ1n) is 6.09. The van der Waals surface area contributed by atoms with Gasteiger partial charge in [-0.1, -0.05) is 30.3 Å². The minimum absolute atomic E-state index is 0.326. The van der Waals surface area contributed by atoms with Crippen molar-refractivity contribution in [3.63, 3.8) is 0 Å². The van der Waals surface area contributed by atoms with E-state index in [0.717, 1.165) is 5.56 Å². The van der Waals surface area contributed by atoms with Gasteiger partial charge in [0.05, 0.1) is 18.2 Å². The first-order valence-corrected chi connectivity index (χ1v) is 6.09. The molecule has 0 bridgehead atoms. The second kappa shape index (κ2) is 6.52. The Hall–Kier alpha value is -2.62. The smallest absolute Gasteiger partial charge is 0.337 e. The number of esters is 1. The predicted molar refractivity (Wildman–Crippen MR) is 73.9 cm³/mol. The summed E-state index contributed by atoms with van der Waals surface area (Å²) in [5.41, 5.74) is 1.72. The molecule has 0 aromatic heterocycles. The molecule has 0 aliphatic carbocycles. The lowest BCUT2D eigenvalue weighted by Crippen LogP contribution is -2.04. The van der Waals surface area contributed by atoms with Crippen molar-refractivity contribution in [2.75, 3.05) is 7.11 Å². The number of carbonyl (C=O) groups is 2. The van der Waals surface area contributed by atoms with E-state index in [1.807, 2.05) is 30.3 Å². The maximum atomic E-state index is 11.5. The highest BCUT2D eigenvalue weighted by Gasteiger charge is 2.10. The van der Waals surface area contributed by atoms with Crippen molar-refractivity contribution in [2.24, 2.45) is 0 Å². The molecule has 0 N–H and O–H groups in total. The lowest BCUT2D eigenvalue weighted by Gasteiger charge is -2.10. The van der Waals surface area contributed by atoms with Crippen LogP contribution in [0.25, 0.3) is 0 Å². The van der Waals surface area contributed by atoms with Crippen LogP contribution in [0, 0.1) is 0 Å². The van der Waals surface area contributed by atoms with E-state index in [-0.39, 0.29) is 0 Å². The Balaban J connectivity index is 2.20. The first kappa shape index (κ1) is 13.8. The van der Waals surface area contributed by atoms with Gasteiger partial charge < -0.3 is 9.47 Å². The lowest BCUT2D eigenvalue weighted by molar-refractivity contribution is 0.0600. The normalized spacial score (nSPS) is 9.85. The summed E-state index contributed by atoms with van der Waals surface area (Å²) >= 11 is 0. The minimum atomic E-state index is -0.466. The zero-order chi connectivity index (χ0) is 14.4. The van der Waals surface area contributed by atoms with Gasteiger partial charge in [-0.2, -0.15) is 0 Å². The molecule has 2 aromatic rings. The molecule has 0 fully saturated rings. The van der Waals surface area contributed by atoms with Gasteiger partial charge in [0, 0.05) is 0 Å². The van der Waals surface area contributed by atoms with Crippen LogP contribution >= 0.6 is 0 Å². The Morgan fingerprint density at radius 3 is 2.55 bits per heavy atom. The molecule has 2 aromatic carbocycles. The van der Waals surface area contributed by atoms with Gasteiger partial charge in [0.15, 0.2) is 6.29 Å². The average molecular weight is 270 g/mol. The van der Waals surface area contributed by atoms with Crippen LogP contribution in [-0.2, 0) is 11.3 Å². The average Bonchev–Trinajstić information content (AvgIpc) is 2.52. The summed E-state index contributed by atoms with van der Waals surface area (Å²) in [5.74, 6) is -0.0984. The van der Waals surface area contributed by atoms with E-state index in [4.69, 9.17) is 4.74 Å².